The standard InChI is InChI=1S/C16H15NO2S/c1-12-7-8-16(13(2)9-12)20(18,19)11-15-6-4-3-5-14(15)10-17/h3-9H,11H2,1-2H3. The van der Waals surface area contributed by atoms with Gasteiger partial charge in [-0.1, -0.05) is 35.9 Å². The van der Waals surface area contributed by atoms with Crippen LogP contribution in [0.1, 0.15) is 22.3 Å². The fourth-order valence-electron chi connectivity index (χ4n) is 2.19. The molecule has 2 aromatic carbocycles. The van der Waals surface area contributed by atoms with E-state index in [1.165, 1.54) is 0 Å². The largest absolute Gasteiger partial charge is 0.223 e. The molecule has 3 nitrogen and oxygen atoms in total. The topological polar surface area (TPSA) is 57.9 Å². The third-order valence-corrected chi connectivity index (χ3v) is 4.97. The van der Waals surface area contributed by atoms with Crippen molar-refractivity contribution in [3.05, 3.63) is 64.7 Å². The Hall–Kier alpha value is -2.12. The predicted molar refractivity (Wildman–Crippen MR) is 78.0 cm³/mol. The van der Waals surface area contributed by atoms with Gasteiger partial charge in [-0.3, -0.25) is 0 Å². The molecule has 0 aliphatic carbocycles. The zero-order valence-electron chi connectivity index (χ0n) is 11.4. The zero-order valence-corrected chi connectivity index (χ0v) is 12.2. The summed E-state index contributed by atoms with van der Waals surface area (Å²) < 4.78 is 25.0. The summed E-state index contributed by atoms with van der Waals surface area (Å²) in [4.78, 5) is 0.329. The molecule has 0 heterocycles. The van der Waals surface area contributed by atoms with Crippen LogP contribution in [-0.4, -0.2) is 8.42 Å². The lowest BCUT2D eigenvalue weighted by Gasteiger charge is -2.09. The smallest absolute Gasteiger partial charge is 0.182 e. The fourth-order valence-corrected chi connectivity index (χ4v) is 3.83. The second-order valence-corrected chi connectivity index (χ2v) is 6.75. The van der Waals surface area contributed by atoms with E-state index in [9.17, 15) is 8.42 Å². The average molecular weight is 285 g/mol. The molecular formula is C16H15NO2S. The average Bonchev–Trinajstić information content (AvgIpc) is 2.38. The Bertz CT molecular complexity index is 786. The van der Waals surface area contributed by atoms with Gasteiger partial charge in [-0.05, 0) is 37.1 Å². The molecule has 0 saturated heterocycles. The Morgan fingerprint density at radius 1 is 1.10 bits per heavy atom. The first-order valence-electron chi connectivity index (χ1n) is 6.22. The first kappa shape index (κ1) is 14.3. The highest BCUT2D eigenvalue weighted by Crippen LogP contribution is 2.22. The molecule has 0 atom stereocenters. The summed E-state index contributed by atoms with van der Waals surface area (Å²) in [5.41, 5.74) is 2.70. The highest BCUT2D eigenvalue weighted by molar-refractivity contribution is 7.90. The quantitative estimate of drug-likeness (QED) is 0.870. The van der Waals surface area contributed by atoms with Gasteiger partial charge < -0.3 is 0 Å². The van der Waals surface area contributed by atoms with E-state index >= 15 is 0 Å². The molecule has 0 unspecified atom stereocenters. The molecule has 0 N–H and O–H groups in total. The van der Waals surface area contributed by atoms with Gasteiger partial charge >= 0.3 is 0 Å². The number of nitrogens with zero attached hydrogens (tertiary/aromatic N) is 1. The van der Waals surface area contributed by atoms with Gasteiger partial charge in [-0.2, -0.15) is 5.26 Å². The summed E-state index contributed by atoms with van der Waals surface area (Å²) >= 11 is 0. The summed E-state index contributed by atoms with van der Waals surface area (Å²) in [6.45, 7) is 3.71. The van der Waals surface area contributed by atoms with Gasteiger partial charge in [0.2, 0.25) is 0 Å². The number of rotatable bonds is 3. The molecule has 4 heteroatoms. The minimum Gasteiger partial charge on any atom is -0.223 e. The number of hydrogen-bond acceptors (Lipinski definition) is 3. The number of benzene rings is 2. The lowest BCUT2D eigenvalue weighted by molar-refractivity contribution is 0.594. The van der Waals surface area contributed by atoms with Crippen molar-refractivity contribution in [3.8, 4) is 6.07 Å². The molecule has 2 rings (SSSR count). The van der Waals surface area contributed by atoms with Gasteiger partial charge in [0.25, 0.3) is 0 Å². The lowest BCUT2D eigenvalue weighted by Crippen LogP contribution is -2.08. The zero-order chi connectivity index (χ0) is 14.8. The van der Waals surface area contributed by atoms with E-state index in [0.29, 0.717) is 16.0 Å². The van der Waals surface area contributed by atoms with Crippen molar-refractivity contribution in [1.82, 2.24) is 0 Å². The number of hydrogen-bond donors (Lipinski definition) is 0. The van der Waals surface area contributed by atoms with Crippen LogP contribution in [0.2, 0.25) is 0 Å². The maximum Gasteiger partial charge on any atom is 0.182 e. The minimum atomic E-state index is -3.44. The van der Waals surface area contributed by atoms with Crippen molar-refractivity contribution in [2.24, 2.45) is 0 Å². The van der Waals surface area contributed by atoms with E-state index in [1.54, 1.807) is 43.3 Å². The summed E-state index contributed by atoms with van der Waals surface area (Å²) in [6, 6.07) is 14.1. The van der Waals surface area contributed by atoms with E-state index in [2.05, 4.69) is 0 Å². The molecule has 0 aromatic heterocycles. The van der Waals surface area contributed by atoms with Crippen LogP contribution in [0.3, 0.4) is 0 Å². The van der Waals surface area contributed by atoms with Crippen LogP contribution in [0.5, 0.6) is 0 Å². The highest BCUT2D eigenvalue weighted by Gasteiger charge is 2.19. The fraction of sp³-hybridized carbons (Fsp3) is 0.188. The molecule has 20 heavy (non-hydrogen) atoms. The van der Waals surface area contributed by atoms with Gasteiger partial charge in [-0.15, -0.1) is 0 Å². The molecule has 0 saturated carbocycles. The molecule has 0 amide bonds. The van der Waals surface area contributed by atoms with Crippen LogP contribution in [0.15, 0.2) is 47.4 Å². The molecule has 0 aliphatic heterocycles. The third-order valence-electron chi connectivity index (χ3n) is 3.15. The van der Waals surface area contributed by atoms with Crippen molar-refractivity contribution >= 4 is 9.84 Å². The summed E-state index contributed by atoms with van der Waals surface area (Å²) in [5, 5.41) is 9.03. The van der Waals surface area contributed by atoms with Crippen molar-refractivity contribution in [3.63, 3.8) is 0 Å². The normalized spacial score (nSPS) is 11.1. The molecule has 0 bridgehead atoms. The van der Waals surface area contributed by atoms with Crippen LogP contribution < -0.4 is 0 Å². The molecular weight excluding hydrogens is 270 g/mol. The van der Waals surface area contributed by atoms with E-state index in [1.807, 2.05) is 19.1 Å². The van der Waals surface area contributed by atoms with Gasteiger partial charge in [0, 0.05) is 0 Å². The number of sulfone groups is 1. The maximum absolute atomic E-state index is 12.5. The van der Waals surface area contributed by atoms with Gasteiger partial charge in [0.1, 0.15) is 0 Å². The molecule has 0 spiro atoms. The van der Waals surface area contributed by atoms with E-state index < -0.39 is 9.84 Å². The van der Waals surface area contributed by atoms with Gasteiger partial charge in [0.15, 0.2) is 9.84 Å². The van der Waals surface area contributed by atoms with Crippen LogP contribution in [0, 0.1) is 25.2 Å². The van der Waals surface area contributed by atoms with E-state index in [0.717, 1.165) is 11.1 Å². The Morgan fingerprint density at radius 2 is 1.80 bits per heavy atom. The molecule has 0 radical (unpaired) electrons. The van der Waals surface area contributed by atoms with E-state index in [4.69, 9.17) is 5.26 Å². The second-order valence-electron chi connectivity index (χ2n) is 4.80. The Kier molecular flexibility index (Phi) is 3.91. The van der Waals surface area contributed by atoms with Gasteiger partial charge in [0.05, 0.1) is 22.3 Å². The van der Waals surface area contributed by atoms with Crippen LogP contribution in [-0.2, 0) is 15.6 Å². The molecule has 0 fully saturated rings. The lowest BCUT2D eigenvalue weighted by atomic mass is 10.1. The Morgan fingerprint density at radius 3 is 2.45 bits per heavy atom. The van der Waals surface area contributed by atoms with Crippen molar-refractivity contribution in [2.45, 2.75) is 24.5 Å². The van der Waals surface area contributed by atoms with Crippen LogP contribution in [0.4, 0.5) is 0 Å². The summed E-state index contributed by atoms with van der Waals surface area (Å²) in [7, 11) is -3.44. The molecule has 102 valence electrons. The third kappa shape index (κ3) is 2.89. The van der Waals surface area contributed by atoms with Crippen LogP contribution >= 0.6 is 0 Å². The SMILES string of the molecule is Cc1ccc(S(=O)(=O)Cc2ccccc2C#N)c(C)c1. The minimum absolute atomic E-state index is 0.152. The van der Waals surface area contributed by atoms with Gasteiger partial charge in [-0.25, -0.2) is 8.42 Å². The van der Waals surface area contributed by atoms with Crippen molar-refractivity contribution in [1.29, 1.82) is 5.26 Å². The Balaban J connectivity index is 2.44. The second kappa shape index (κ2) is 5.48. The highest BCUT2D eigenvalue weighted by atomic mass is 32.2. The molecule has 0 aliphatic rings. The summed E-state index contributed by atoms with van der Waals surface area (Å²) in [5.74, 6) is -0.152. The first-order chi connectivity index (χ1) is 9.44. The van der Waals surface area contributed by atoms with Crippen molar-refractivity contribution < 1.29 is 8.42 Å². The monoisotopic (exact) mass is 285 g/mol. The predicted octanol–water partition coefficient (Wildman–Crippen LogP) is 3.15. The van der Waals surface area contributed by atoms with Crippen molar-refractivity contribution in [2.75, 3.05) is 0 Å². The maximum atomic E-state index is 12.5. The first-order valence-corrected chi connectivity index (χ1v) is 7.87. The van der Waals surface area contributed by atoms with E-state index in [-0.39, 0.29) is 5.75 Å². The molecule has 2 aromatic rings. The van der Waals surface area contributed by atoms with Crippen LogP contribution in [0.25, 0.3) is 0 Å². The Labute approximate surface area is 119 Å². The number of aryl methyl sites for hydroxylation is 2. The number of nitriles is 1. The summed E-state index contributed by atoms with van der Waals surface area (Å²) in [6.07, 6.45) is 0.